The Kier molecular flexibility index (Phi) is 4.80. The molecule has 4 rings (SSSR count). The molecule has 0 atom stereocenters. The van der Waals surface area contributed by atoms with Crippen LogP contribution in [-0.2, 0) is 6.42 Å². The van der Waals surface area contributed by atoms with Gasteiger partial charge in [0.1, 0.15) is 0 Å². The Morgan fingerprint density at radius 1 is 1.11 bits per heavy atom. The Morgan fingerprint density at radius 2 is 1.93 bits per heavy atom. The largest absolute Gasteiger partial charge is 0.490 e. The number of benzene rings is 2. The SMILES string of the molecule is CCOc1cccc2cc(C(=O)Nc3nnc(Cc4ccc(C)cc4)o3)oc12. The molecule has 2 heterocycles. The van der Waals surface area contributed by atoms with Crippen LogP contribution in [0.5, 0.6) is 5.75 Å². The Balaban J connectivity index is 1.48. The van der Waals surface area contributed by atoms with Crippen molar-refractivity contribution in [2.75, 3.05) is 11.9 Å². The maximum Gasteiger partial charge on any atom is 0.322 e. The number of furan rings is 1. The number of hydrogen-bond donors (Lipinski definition) is 1. The van der Waals surface area contributed by atoms with Crippen LogP contribution in [0.1, 0.15) is 34.5 Å². The molecular weight excluding hydrogens is 358 g/mol. The van der Waals surface area contributed by atoms with E-state index in [0.29, 0.717) is 30.3 Å². The fourth-order valence-electron chi connectivity index (χ4n) is 2.83. The number of nitrogens with zero attached hydrogens (tertiary/aromatic N) is 2. The first-order valence-electron chi connectivity index (χ1n) is 8.97. The Labute approximate surface area is 161 Å². The second kappa shape index (κ2) is 7.56. The first kappa shape index (κ1) is 17.8. The van der Waals surface area contributed by atoms with Gasteiger partial charge >= 0.3 is 6.01 Å². The molecule has 0 saturated carbocycles. The number of nitrogens with one attached hydrogen (secondary N) is 1. The number of para-hydroxylation sites is 1. The number of amides is 1. The van der Waals surface area contributed by atoms with Gasteiger partial charge in [-0.2, -0.15) is 0 Å². The Hall–Kier alpha value is -3.61. The lowest BCUT2D eigenvalue weighted by molar-refractivity contribution is 0.0995. The molecular formula is C21H19N3O4. The van der Waals surface area contributed by atoms with Crippen LogP contribution in [0.25, 0.3) is 11.0 Å². The van der Waals surface area contributed by atoms with E-state index >= 15 is 0 Å². The minimum atomic E-state index is -0.468. The van der Waals surface area contributed by atoms with Crippen LogP contribution in [0, 0.1) is 6.92 Å². The molecule has 0 aliphatic carbocycles. The van der Waals surface area contributed by atoms with E-state index in [9.17, 15) is 4.79 Å². The average molecular weight is 377 g/mol. The molecule has 4 aromatic rings. The highest BCUT2D eigenvalue weighted by molar-refractivity contribution is 6.04. The van der Waals surface area contributed by atoms with E-state index in [4.69, 9.17) is 13.6 Å². The number of aryl methyl sites for hydroxylation is 1. The molecule has 0 radical (unpaired) electrons. The zero-order valence-electron chi connectivity index (χ0n) is 15.6. The van der Waals surface area contributed by atoms with Crippen molar-refractivity contribution in [1.82, 2.24) is 10.2 Å². The standard InChI is InChI=1S/C21H19N3O4/c1-3-26-16-6-4-5-15-12-17(27-19(15)16)20(25)22-21-24-23-18(28-21)11-14-9-7-13(2)8-10-14/h4-10,12H,3,11H2,1-2H3,(H,22,24,25). The lowest BCUT2D eigenvalue weighted by Crippen LogP contribution is -2.11. The zero-order chi connectivity index (χ0) is 19.5. The van der Waals surface area contributed by atoms with Crippen LogP contribution in [-0.4, -0.2) is 22.7 Å². The summed E-state index contributed by atoms with van der Waals surface area (Å²) < 4.78 is 16.7. The van der Waals surface area contributed by atoms with E-state index in [1.54, 1.807) is 12.1 Å². The fourth-order valence-corrected chi connectivity index (χ4v) is 2.83. The van der Waals surface area contributed by atoms with Crippen molar-refractivity contribution in [3.8, 4) is 5.75 Å². The monoisotopic (exact) mass is 377 g/mol. The van der Waals surface area contributed by atoms with Crippen molar-refractivity contribution in [3.63, 3.8) is 0 Å². The van der Waals surface area contributed by atoms with Crippen molar-refractivity contribution in [1.29, 1.82) is 0 Å². The second-order valence-corrected chi connectivity index (χ2v) is 6.34. The lowest BCUT2D eigenvalue weighted by atomic mass is 10.1. The van der Waals surface area contributed by atoms with Crippen molar-refractivity contribution in [3.05, 3.63) is 71.3 Å². The van der Waals surface area contributed by atoms with Crippen LogP contribution >= 0.6 is 0 Å². The third kappa shape index (κ3) is 3.73. The quantitative estimate of drug-likeness (QED) is 0.537. The number of rotatable bonds is 6. The van der Waals surface area contributed by atoms with Crippen LogP contribution in [0.3, 0.4) is 0 Å². The molecule has 28 heavy (non-hydrogen) atoms. The molecule has 2 aromatic carbocycles. The summed E-state index contributed by atoms with van der Waals surface area (Å²) in [6.45, 7) is 4.42. The van der Waals surface area contributed by atoms with E-state index in [2.05, 4.69) is 15.5 Å². The van der Waals surface area contributed by atoms with Gasteiger partial charge in [-0.3, -0.25) is 10.1 Å². The average Bonchev–Trinajstić information content (AvgIpc) is 3.31. The maximum atomic E-state index is 12.5. The van der Waals surface area contributed by atoms with Gasteiger partial charge in [-0.25, -0.2) is 0 Å². The van der Waals surface area contributed by atoms with Crippen LogP contribution in [0.15, 0.2) is 57.4 Å². The molecule has 0 unspecified atom stereocenters. The van der Waals surface area contributed by atoms with E-state index in [1.165, 1.54) is 5.56 Å². The molecule has 0 saturated heterocycles. The molecule has 0 fully saturated rings. The van der Waals surface area contributed by atoms with E-state index in [-0.39, 0.29) is 11.8 Å². The summed E-state index contributed by atoms with van der Waals surface area (Å²) in [6.07, 6.45) is 0.492. The highest BCUT2D eigenvalue weighted by Crippen LogP contribution is 2.29. The molecule has 7 heteroatoms. The van der Waals surface area contributed by atoms with Gasteiger partial charge in [-0.15, -0.1) is 5.10 Å². The summed E-state index contributed by atoms with van der Waals surface area (Å²) in [5.41, 5.74) is 2.76. The molecule has 0 spiro atoms. The van der Waals surface area contributed by atoms with E-state index in [0.717, 1.165) is 10.9 Å². The predicted octanol–water partition coefficient (Wildman–Crippen LogP) is 4.37. The third-order valence-electron chi connectivity index (χ3n) is 4.19. The number of carbonyl (C=O) groups excluding carboxylic acids is 1. The summed E-state index contributed by atoms with van der Waals surface area (Å²) in [4.78, 5) is 12.5. The number of hydrogen-bond acceptors (Lipinski definition) is 6. The van der Waals surface area contributed by atoms with Crippen LogP contribution in [0.2, 0.25) is 0 Å². The summed E-state index contributed by atoms with van der Waals surface area (Å²) >= 11 is 0. The van der Waals surface area contributed by atoms with Crippen LogP contribution in [0.4, 0.5) is 6.01 Å². The highest BCUT2D eigenvalue weighted by atomic mass is 16.5. The molecule has 1 amide bonds. The maximum absolute atomic E-state index is 12.5. The van der Waals surface area contributed by atoms with Crippen LogP contribution < -0.4 is 10.1 Å². The van der Waals surface area contributed by atoms with Crippen molar-refractivity contribution in [2.45, 2.75) is 20.3 Å². The Bertz CT molecular complexity index is 1110. The topological polar surface area (TPSA) is 90.4 Å². The smallest absolute Gasteiger partial charge is 0.322 e. The van der Waals surface area contributed by atoms with Crippen molar-refractivity contribution >= 4 is 22.9 Å². The summed E-state index contributed by atoms with van der Waals surface area (Å²) in [6, 6.07) is 15.2. The van der Waals surface area contributed by atoms with Crippen molar-refractivity contribution in [2.24, 2.45) is 0 Å². The molecule has 7 nitrogen and oxygen atoms in total. The molecule has 0 aliphatic heterocycles. The normalized spacial score (nSPS) is 10.9. The molecule has 2 aromatic heterocycles. The Morgan fingerprint density at radius 3 is 2.71 bits per heavy atom. The number of carbonyl (C=O) groups is 1. The molecule has 142 valence electrons. The zero-order valence-corrected chi connectivity index (χ0v) is 15.6. The first-order valence-corrected chi connectivity index (χ1v) is 8.97. The number of anilines is 1. The summed E-state index contributed by atoms with van der Waals surface area (Å²) in [5.74, 6) is 0.684. The summed E-state index contributed by atoms with van der Waals surface area (Å²) in [5, 5.41) is 11.2. The van der Waals surface area contributed by atoms with Gasteiger partial charge in [0.05, 0.1) is 13.0 Å². The fraction of sp³-hybridized carbons (Fsp3) is 0.190. The molecule has 1 N–H and O–H groups in total. The summed E-state index contributed by atoms with van der Waals surface area (Å²) in [7, 11) is 0. The third-order valence-corrected chi connectivity index (χ3v) is 4.19. The lowest BCUT2D eigenvalue weighted by Gasteiger charge is -2.02. The molecule has 0 aliphatic rings. The second-order valence-electron chi connectivity index (χ2n) is 6.34. The first-order chi connectivity index (χ1) is 13.6. The van der Waals surface area contributed by atoms with E-state index < -0.39 is 5.91 Å². The van der Waals surface area contributed by atoms with Gasteiger partial charge in [-0.1, -0.05) is 47.1 Å². The number of fused-ring (bicyclic) bond motifs is 1. The van der Waals surface area contributed by atoms with Gasteiger partial charge < -0.3 is 13.6 Å². The van der Waals surface area contributed by atoms with Gasteiger partial charge in [-0.05, 0) is 31.5 Å². The van der Waals surface area contributed by atoms with Crippen molar-refractivity contribution < 1.29 is 18.4 Å². The minimum Gasteiger partial charge on any atom is -0.490 e. The predicted molar refractivity (Wildman–Crippen MR) is 104 cm³/mol. The van der Waals surface area contributed by atoms with E-state index in [1.807, 2.05) is 50.2 Å². The number of aromatic nitrogens is 2. The minimum absolute atomic E-state index is 0.0256. The van der Waals surface area contributed by atoms with Gasteiger partial charge in [0.25, 0.3) is 5.91 Å². The van der Waals surface area contributed by atoms with Gasteiger partial charge in [0, 0.05) is 5.39 Å². The van der Waals surface area contributed by atoms with Gasteiger partial charge in [0.2, 0.25) is 5.89 Å². The molecule has 0 bridgehead atoms. The number of ether oxygens (including phenoxy) is 1. The van der Waals surface area contributed by atoms with Gasteiger partial charge in [0.15, 0.2) is 17.1 Å². The highest BCUT2D eigenvalue weighted by Gasteiger charge is 2.17.